The van der Waals surface area contributed by atoms with Crippen molar-refractivity contribution in [1.29, 1.82) is 0 Å². The third kappa shape index (κ3) is 3.83. The Morgan fingerprint density at radius 1 is 1.22 bits per heavy atom. The Morgan fingerprint density at radius 3 is 2.48 bits per heavy atom. The molecule has 8 nitrogen and oxygen atoms in total. The smallest absolute Gasteiger partial charge is 0.318 e. The van der Waals surface area contributed by atoms with Crippen LogP contribution in [-0.2, 0) is 25.0 Å². The minimum absolute atomic E-state index is 0.289. The topological polar surface area (TPSA) is 113 Å². The number of hydrogen-bond donors (Lipinski definition) is 2. The van der Waals surface area contributed by atoms with Crippen molar-refractivity contribution < 1.29 is 22.8 Å². The van der Waals surface area contributed by atoms with Crippen molar-refractivity contribution >= 4 is 27.7 Å². The number of urea groups is 1. The molecule has 1 saturated heterocycles. The zero-order valence-corrected chi connectivity index (χ0v) is 15.9. The molecule has 0 bridgehead atoms. The molecule has 1 saturated carbocycles. The Balaban J connectivity index is 1.62. The average molecular weight is 393 g/mol. The monoisotopic (exact) mass is 393 g/mol. The lowest BCUT2D eigenvalue weighted by molar-refractivity contribution is -0.138. The van der Waals surface area contributed by atoms with E-state index in [0.717, 1.165) is 12.8 Å². The molecule has 1 unspecified atom stereocenters. The fourth-order valence-electron chi connectivity index (χ4n) is 3.54. The average Bonchev–Trinajstić information content (AvgIpc) is 3.26. The van der Waals surface area contributed by atoms with Gasteiger partial charge in [0.15, 0.2) is 9.84 Å². The van der Waals surface area contributed by atoms with Crippen molar-refractivity contribution in [2.45, 2.75) is 49.8 Å². The maximum Gasteiger partial charge on any atom is 0.344 e. The summed E-state index contributed by atoms with van der Waals surface area (Å²) in [6.07, 6.45) is 2.74. The van der Waals surface area contributed by atoms with Gasteiger partial charge in [-0.2, -0.15) is 5.01 Å². The molecule has 1 aliphatic carbocycles. The Kier molecular flexibility index (Phi) is 5.23. The number of amides is 4. The lowest BCUT2D eigenvalue weighted by atomic mass is 9.92. The number of hydrogen-bond acceptors (Lipinski definition) is 5. The highest BCUT2D eigenvalue weighted by Gasteiger charge is 2.50. The van der Waals surface area contributed by atoms with E-state index in [1.54, 1.807) is 37.3 Å². The summed E-state index contributed by atoms with van der Waals surface area (Å²) in [5, 5.41) is 2.81. The zero-order valence-electron chi connectivity index (χ0n) is 15.1. The van der Waals surface area contributed by atoms with E-state index in [1.807, 2.05) is 0 Å². The summed E-state index contributed by atoms with van der Waals surface area (Å²) in [4.78, 5) is 37.0. The second kappa shape index (κ2) is 7.30. The highest BCUT2D eigenvalue weighted by molar-refractivity contribution is 7.92. The van der Waals surface area contributed by atoms with Gasteiger partial charge in [0, 0.05) is 6.42 Å². The minimum atomic E-state index is -3.35. The standard InChI is InChI=1S/C18H23N3O5S/c1-18(13-7-3-2-4-8-13)16(23)21(17(24)19-18)20-15(22)11-12-27(25,26)14-9-5-6-10-14/h2-4,7-8,14H,5-6,9-12H2,1H3,(H,19,24)(H,20,22). The van der Waals surface area contributed by atoms with Crippen LogP contribution in [0.4, 0.5) is 4.79 Å². The van der Waals surface area contributed by atoms with E-state index >= 15 is 0 Å². The second-order valence-electron chi connectivity index (χ2n) is 7.12. The van der Waals surface area contributed by atoms with Crippen molar-refractivity contribution in [3.05, 3.63) is 35.9 Å². The molecular formula is C18H23N3O5S. The van der Waals surface area contributed by atoms with Gasteiger partial charge in [-0.25, -0.2) is 13.2 Å². The van der Waals surface area contributed by atoms with Gasteiger partial charge in [-0.05, 0) is 25.3 Å². The molecule has 146 valence electrons. The summed E-state index contributed by atoms with van der Waals surface area (Å²) < 4.78 is 24.5. The molecule has 2 N–H and O–H groups in total. The summed E-state index contributed by atoms with van der Waals surface area (Å²) in [6, 6.07) is 7.94. The van der Waals surface area contributed by atoms with Crippen LogP contribution in [0.15, 0.2) is 30.3 Å². The SMILES string of the molecule is CC1(c2ccccc2)NC(=O)N(NC(=O)CCS(=O)(=O)C2CCCC2)C1=O. The van der Waals surface area contributed by atoms with Gasteiger partial charge in [-0.3, -0.25) is 15.0 Å². The third-order valence-electron chi connectivity index (χ3n) is 5.20. The Labute approximate surface area is 158 Å². The van der Waals surface area contributed by atoms with Crippen LogP contribution in [-0.4, -0.2) is 42.3 Å². The molecule has 4 amide bonds. The van der Waals surface area contributed by atoms with Crippen LogP contribution >= 0.6 is 0 Å². The number of rotatable bonds is 6. The Bertz CT molecular complexity index is 849. The van der Waals surface area contributed by atoms with Gasteiger partial charge in [0.2, 0.25) is 5.91 Å². The van der Waals surface area contributed by atoms with Crippen molar-refractivity contribution in [3.63, 3.8) is 0 Å². The lowest BCUT2D eigenvalue weighted by Gasteiger charge is -2.22. The van der Waals surface area contributed by atoms with Crippen molar-refractivity contribution in [3.8, 4) is 0 Å². The van der Waals surface area contributed by atoms with E-state index in [4.69, 9.17) is 0 Å². The Hall–Kier alpha value is -2.42. The van der Waals surface area contributed by atoms with E-state index < -0.39 is 33.2 Å². The van der Waals surface area contributed by atoms with Gasteiger partial charge in [0.25, 0.3) is 5.91 Å². The van der Waals surface area contributed by atoms with Gasteiger partial charge >= 0.3 is 6.03 Å². The largest absolute Gasteiger partial charge is 0.344 e. The number of carbonyl (C=O) groups excluding carboxylic acids is 3. The van der Waals surface area contributed by atoms with Gasteiger partial charge in [0.05, 0.1) is 11.0 Å². The number of sulfone groups is 1. The number of nitrogens with zero attached hydrogens (tertiary/aromatic N) is 1. The van der Waals surface area contributed by atoms with E-state index in [1.165, 1.54) is 0 Å². The lowest BCUT2D eigenvalue weighted by Crippen LogP contribution is -2.48. The van der Waals surface area contributed by atoms with Crippen molar-refractivity contribution in [2.24, 2.45) is 0 Å². The zero-order chi connectivity index (χ0) is 19.7. The normalized spacial score (nSPS) is 23.5. The van der Waals surface area contributed by atoms with Crippen LogP contribution in [0.2, 0.25) is 0 Å². The summed E-state index contributed by atoms with van der Waals surface area (Å²) >= 11 is 0. The van der Waals surface area contributed by atoms with Gasteiger partial charge in [-0.15, -0.1) is 0 Å². The molecule has 1 atom stereocenters. The number of hydrazine groups is 1. The van der Waals surface area contributed by atoms with Gasteiger partial charge < -0.3 is 5.32 Å². The van der Waals surface area contributed by atoms with Crippen LogP contribution < -0.4 is 10.7 Å². The highest BCUT2D eigenvalue weighted by atomic mass is 32.2. The first-order chi connectivity index (χ1) is 12.7. The Morgan fingerprint density at radius 2 is 1.85 bits per heavy atom. The summed E-state index contributed by atoms with van der Waals surface area (Å²) in [7, 11) is -3.35. The molecule has 1 aliphatic heterocycles. The molecule has 1 aromatic rings. The third-order valence-corrected chi connectivity index (χ3v) is 7.46. The van der Waals surface area contributed by atoms with Crippen LogP contribution in [0.5, 0.6) is 0 Å². The fourth-order valence-corrected chi connectivity index (χ4v) is 5.39. The minimum Gasteiger partial charge on any atom is -0.318 e. The van der Waals surface area contributed by atoms with Crippen molar-refractivity contribution in [1.82, 2.24) is 15.8 Å². The molecule has 27 heavy (non-hydrogen) atoms. The number of carbonyl (C=O) groups is 3. The van der Waals surface area contributed by atoms with E-state index in [2.05, 4.69) is 10.7 Å². The van der Waals surface area contributed by atoms with Crippen LogP contribution in [0.25, 0.3) is 0 Å². The molecule has 1 heterocycles. The van der Waals surface area contributed by atoms with Crippen LogP contribution in [0.3, 0.4) is 0 Å². The fraction of sp³-hybridized carbons (Fsp3) is 0.500. The maximum absolute atomic E-state index is 12.7. The van der Waals surface area contributed by atoms with E-state index in [0.29, 0.717) is 23.4 Å². The molecular weight excluding hydrogens is 370 g/mol. The molecule has 0 spiro atoms. The summed E-state index contributed by atoms with van der Waals surface area (Å²) in [5.41, 5.74) is 1.53. The first-order valence-corrected chi connectivity index (χ1v) is 10.7. The number of benzene rings is 1. The first-order valence-electron chi connectivity index (χ1n) is 8.97. The van der Waals surface area contributed by atoms with E-state index in [-0.39, 0.29) is 17.4 Å². The predicted octanol–water partition coefficient (Wildman–Crippen LogP) is 1.23. The van der Waals surface area contributed by atoms with Crippen LogP contribution in [0.1, 0.15) is 44.6 Å². The molecule has 9 heteroatoms. The molecule has 2 aliphatic rings. The summed E-state index contributed by atoms with van der Waals surface area (Å²) in [6.45, 7) is 1.55. The first kappa shape index (κ1) is 19.3. The van der Waals surface area contributed by atoms with Crippen LogP contribution in [0, 0.1) is 0 Å². The maximum atomic E-state index is 12.7. The van der Waals surface area contributed by atoms with E-state index in [9.17, 15) is 22.8 Å². The quantitative estimate of drug-likeness (QED) is 0.706. The summed E-state index contributed by atoms with van der Waals surface area (Å²) in [5.74, 6) is -1.59. The molecule has 0 aromatic heterocycles. The number of imide groups is 1. The predicted molar refractivity (Wildman–Crippen MR) is 98.0 cm³/mol. The molecule has 3 rings (SSSR count). The number of nitrogens with one attached hydrogen (secondary N) is 2. The van der Waals surface area contributed by atoms with Crippen molar-refractivity contribution in [2.75, 3.05) is 5.75 Å². The van der Waals surface area contributed by atoms with Gasteiger partial charge in [0.1, 0.15) is 5.54 Å². The molecule has 1 aromatic carbocycles. The highest BCUT2D eigenvalue weighted by Crippen LogP contribution is 2.28. The second-order valence-corrected chi connectivity index (χ2v) is 9.52. The molecule has 0 radical (unpaired) electrons. The van der Waals surface area contributed by atoms with Gasteiger partial charge in [-0.1, -0.05) is 43.2 Å². The molecule has 2 fully saturated rings.